The number of benzene rings is 2. The Balaban J connectivity index is 2.73. The fourth-order valence-electron chi connectivity index (χ4n) is 1.96. The summed E-state index contributed by atoms with van der Waals surface area (Å²) < 4.78 is 106. The van der Waals surface area contributed by atoms with Crippen molar-refractivity contribution in [2.75, 3.05) is 0 Å². The van der Waals surface area contributed by atoms with Gasteiger partial charge in [-0.05, 0) is 0 Å². The van der Waals surface area contributed by atoms with E-state index in [1.807, 2.05) is 0 Å². The molecule has 0 N–H and O–H groups in total. The Kier molecular flexibility index (Phi) is 3.19. The summed E-state index contributed by atoms with van der Waals surface area (Å²) in [5.41, 5.74) is 0. The standard InChI is InChI=1S/C12F8Te/c13-3-1-2-4(14)6(16)8(18)10(20)12(2)21-11(1)9(19)7(17)5(3)15. The molecule has 0 fully saturated rings. The summed E-state index contributed by atoms with van der Waals surface area (Å²) in [5, 5.41) is -2.17. The van der Waals surface area contributed by atoms with Crippen LogP contribution in [0.4, 0.5) is 35.1 Å². The fourth-order valence-corrected chi connectivity index (χ4v) is 5.25. The first-order chi connectivity index (χ1) is 9.77. The third-order valence-corrected chi connectivity index (χ3v) is 6.26. The van der Waals surface area contributed by atoms with Crippen molar-refractivity contribution in [1.29, 1.82) is 0 Å². The predicted octanol–water partition coefficient (Wildman–Crippen LogP) is 4.16. The molecule has 9 heteroatoms. The van der Waals surface area contributed by atoms with Gasteiger partial charge in [-0.1, -0.05) is 0 Å². The SMILES string of the molecule is Fc1c(F)c(F)c2c([te]c3c(F)c(F)c(F)c(F)c32)c1F. The third kappa shape index (κ3) is 1.74. The number of fused-ring (bicyclic) bond motifs is 3. The Morgan fingerprint density at radius 2 is 0.667 bits per heavy atom. The summed E-state index contributed by atoms with van der Waals surface area (Å²) in [6.07, 6.45) is 0. The van der Waals surface area contributed by atoms with E-state index in [1.54, 1.807) is 0 Å². The molecule has 110 valence electrons. The van der Waals surface area contributed by atoms with Crippen molar-refractivity contribution >= 4 is 38.0 Å². The van der Waals surface area contributed by atoms with Gasteiger partial charge in [-0.3, -0.25) is 0 Å². The molecule has 1 heterocycles. The van der Waals surface area contributed by atoms with Crippen LogP contribution in [0.15, 0.2) is 0 Å². The van der Waals surface area contributed by atoms with Gasteiger partial charge in [0.1, 0.15) is 0 Å². The molecule has 0 saturated heterocycles. The van der Waals surface area contributed by atoms with Crippen molar-refractivity contribution in [3.05, 3.63) is 46.5 Å². The van der Waals surface area contributed by atoms with Gasteiger partial charge in [0, 0.05) is 0 Å². The van der Waals surface area contributed by atoms with Crippen LogP contribution in [0.3, 0.4) is 0 Å². The van der Waals surface area contributed by atoms with Gasteiger partial charge in [-0.2, -0.15) is 0 Å². The van der Waals surface area contributed by atoms with E-state index in [4.69, 9.17) is 0 Å². The summed E-state index contributed by atoms with van der Waals surface area (Å²) in [6, 6.07) is 0. The number of hydrogen-bond acceptors (Lipinski definition) is 0. The van der Waals surface area contributed by atoms with Crippen LogP contribution < -0.4 is 0 Å². The molecule has 1 aromatic heterocycles. The van der Waals surface area contributed by atoms with E-state index in [2.05, 4.69) is 0 Å². The molecule has 0 nitrogen and oxygen atoms in total. The van der Waals surface area contributed by atoms with Crippen molar-refractivity contribution in [2.24, 2.45) is 0 Å². The molecule has 0 aliphatic rings. The van der Waals surface area contributed by atoms with E-state index in [9.17, 15) is 35.1 Å². The van der Waals surface area contributed by atoms with Crippen molar-refractivity contribution in [3.63, 3.8) is 0 Å². The molecule has 3 aromatic rings. The van der Waals surface area contributed by atoms with Gasteiger partial charge in [0.25, 0.3) is 0 Å². The Morgan fingerprint density at radius 1 is 0.381 bits per heavy atom. The van der Waals surface area contributed by atoms with Gasteiger partial charge in [0.15, 0.2) is 0 Å². The first kappa shape index (κ1) is 14.6. The average molecular weight is 424 g/mol. The van der Waals surface area contributed by atoms with Gasteiger partial charge in [0.05, 0.1) is 0 Å². The molecule has 0 spiro atoms. The average Bonchev–Trinajstić information content (AvgIpc) is 2.87. The van der Waals surface area contributed by atoms with Crippen LogP contribution in [0.5, 0.6) is 0 Å². The first-order valence-electron chi connectivity index (χ1n) is 5.17. The number of rotatable bonds is 0. The van der Waals surface area contributed by atoms with Crippen molar-refractivity contribution in [1.82, 2.24) is 0 Å². The van der Waals surface area contributed by atoms with E-state index in [1.165, 1.54) is 0 Å². The summed E-state index contributed by atoms with van der Waals surface area (Å²) in [4.78, 5) is 0. The van der Waals surface area contributed by atoms with Gasteiger partial charge >= 0.3 is 120 Å². The molecule has 0 atom stereocenters. The molecule has 2 aromatic carbocycles. The second-order valence-corrected chi connectivity index (χ2v) is 6.94. The Morgan fingerprint density at radius 3 is 1.00 bits per heavy atom. The van der Waals surface area contributed by atoms with E-state index in [0.29, 0.717) is 0 Å². The van der Waals surface area contributed by atoms with E-state index in [-0.39, 0.29) is 0 Å². The van der Waals surface area contributed by atoms with Crippen molar-refractivity contribution < 1.29 is 35.1 Å². The number of halogens is 8. The minimum absolute atomic E-state index is 0.769. The zero-order valence-corrected chi connectivity index (χ0v) is 11.8. The van der Waals surface area contributed by atoms with Gasteiger partial charge in [-0.25, -0.2) is 0 Å². The molecular weight excluding hydrogens is 424 g/mol. The summed E-state index contributed by atoms with van der Waals surface area (Å²) >= 11 is -2.29. The quantitative estimate of drug-likeness (QED) is 0.220. The van der Waals surface area contributed by atoms with Crippen LogP contribution in [-0.4, -0.2) is 20.4 Å². The molecule has 0 saturated carbocycles. The molecule has 0 amide bonds. The second-order valence-electron chi connectivity index (χ2n) is 4.02. The van der Waals surface area contributed by atoms with Crippen molar-refractivity contribution in [2.45, 2.75) is 0 Å². The fraction of sp³-hybridized carbons (Fsp3) is 0. The topological polar surface area (TPSA) is 0 Å². The molecule has 3 rings (SSSR count). The first-order valence-corrected chi connectivity index (χ1v) is 7.50. The van der Waals surface area contributed by atoms with E-state index >= 15 is 0 Å². The molecule has 0 aliphatic carbocycles. The summed E-state index contributed by atoms with van der Waals surface area (Å²) in [6.45, 7) is 0. The Labute approximate surface area is 120 Å². The van der Waals surface area contributed by atoms with Crippen molar-refractivity contribution in [3.8, 4) is 0 Å². The second kappa shape index (κ2) is 4.58. The zero-order chi connectivity index (χ0) is 15.6. The Hall–Kier alpha value is -1.33. The zero-order valence-electron chi connectivity index (χ0n) is 9.43. The molecule has 0 aliphatic heterocycles. The number of hydrogen-bond donors (Lipinski definition) is 0. The maximum atomic E-state index is 13.7. The van der Waals surface area contributed by atoms with E-state index < -0.39 is 84.5 Å². The molecule has 0 unspecified atom stereocenters. The predicted molar refractivity (Wildman–Crippen MR) is 58.1 cm³/mol. The molecular formula is C12F8Te. The van der Waals surface area contributed by atoms with Gasteiger partial charge in [-0.15, -0.1) is 0 Å². The summed E-state index contributed by atoms with van der Waals surface area (Å²) in [7, 11) is 0. The van der Waals surface area contributed by atoms with Gasteiger partial charge < -0.3 is 0 Å². The van der Waals surface area contributed by atoms with Gasteiger partial charge in [0.2, 0.25) is 0 Å². The molecule has 0 bridgehead atoms. The van der Waals surface area contributed by atoms with Crippen LogP contribution in [0.2, 0.25) is 0 Å². The normalized spacial score (nSPS) is 11.8. The summed E-state index contributed by atoms with van der Waals surface area (Å²) in [5.74, 6) is -16.2. The van der Waals surface area contributed by atoms with Crippen LogP contribution in [-0.2, 0) is 0 Å². The van der Waals surface area contributed by atoms with Crippen LogP contribution in [0.25, 0.3) is 17.6 Å². The van der Waals surface area contributed by atoms with Crippen LogP contribution >= 0.6 is 0 Å². The maximum absolute atomic E-state index is 13.7. The molecule has 21 heavy (non-hydrogen) atoms. The monoisotopic (exact) mass is 426 g/mol. The van der Waals surface area contributed by atoms with E-state index in [0.717, 1.165) is 0 Å². The third-order valence-electron chi connectivity index (χ3n) is 2.90. The molecule has 0 radical (unpaired) electrons. The Bertz CT molecular complexity index is 853. The van der Waals surface area contributed by atoms with Crippen LogP contribution in [0, 0.1) is 46.5 Å². The van der Waals surface area contributed by atoms with Crippen LogP contribution in [0.1, 0.15) is 0 Å². The minimum atomic E-state index is -2.29.